The second kappa shape index (κ2) is 5.12. The fourth-order valence-corrected chi connectivity index (χ4v) is 2.38. The average Bonchev–Trinajstić information content (AvgIpc) is 2.88. The Bertz CT molecular complexity index is 682. The van der Waals surface area contributed by atoms with Crippen LogP contribution in [0.2, 0.25) is 0 Å². The van der Waals surface area contributed by atoms with Gasteiger partial charge >= 0.3 is 5.97 Å². The molecule has 0 fully saturated rings. The second-order valence-electron chi connectivity index (χ2n) is 3.44. The van der Waals surface area contributed by atoms with Crippen molar-refractivity contribution in [3.8, 4) is 0 Å². The molecule has 100 valence electrons. The summed E-state index contributed by atoms with van der Waals surface area (Å²) in [4.78, 5) is 18.4. The van der Waals surface area contributed by atoms with Gasteiger partial charge in [0.25, 0.3) is 10.0 Å². The minimum atomic E-state index is -4.00. The van der Waals surface area contributed by atoms with E-state index in [0.717, 1.165) is 6.20 Å². The number of carboxylic acids is 1. The molecular weight excluding hydrogens is 274 g/mol. The molecule has 0 bridgehead atoms. The first kappa shape index (κ1) is 13.1. The molecule has 0 saturated heterocycles. The number of aromatic amines is 1. The molecule has 0 atom stereocenters. The van der Waals surface area contributed by atoms with Crippen LogP contribution in [0.4, 0.5) is 0 Å². The zero-order chi connectivity index (χ0) is 13.9. The largest absolute Gasteiger partial charge is 0.478 e. The van der Waals surface area contributed by atoms with Crippen LogP contribution in [0.3, 0.4) is 0 Å². The summed E-state index contributed by atoms with van der Waals surface area (Å²) >= 11 is 0. The number of H-pyrrole nitrogens is 1. The number of hydrogen-bond acceptors (Lipinski definition) is 6. The van der Waals surface area contributed by atoms with Crippen molar-refractivity contribution in [3.05, 3.63) is 36.0 Å². The van der Waals surface area contributed by atoms with E-state index in [9.17, 15) is 13.2 Å². The third-order valence-electron chi connectivity index (χ3n) is 2.19. The zero-order valence-electron chi connectivity index (χ0n) is 9.44. The molecule has 0 saturated carbocycles. The number of carboxylic acid groups (broad SMARTS) is 1. The second-order valence-corrected chi connectivity index (χ2v) is 5.15. The predicted octanol–water partition coefficient (Wildman–Crippen LogP) is -0.624. The lowest BCUT2D eigenvalue weighted by Gasteiger charge is -2.04. The molecular formula is C9H9N5O4S. The predicted molar refractivity (Wildman–Crippen MR) is 61.6 cm³/mol. The Morgan fingerprint density at radius 3 is 2.89 bits per heavy atom. The minimum Gasteiger partial charge on any atom is -0.478 e. The van der Waals surface area contributed by atoms with E-state index in [-0.39, 0.29) is 6.54 Å². The molecule has 0 aromatic carbocycles. The number of sulfonamides is 1. The van der Waals surface area contributed by atoms with Gasteiger partial charge in [0, 0.05) is 6.20 Å². The standard InChI is InChI=1S/C9H9N5O4S/c15-9(16)7-4-12-14-8(7)19(17,18)13-3-6-1-2-10-5-11-6/h1-2,4-5,13H,3H2,(H,12,14)(H,15,16). The van der Waals surface area contributed by atoms with Gasteiger partial charge in [0.1, 0.15) is 11.9 Å². The molecule has 2 aromatic heterocycles. The van der Waals surface area contributed by atoms with Gasteiger partial charge in [-0.3, -0.25) is 5.10 Å². The first-order valence-corrected chi connectivity index (χ1v) is 6.50. The molecule has 10 heteroatoms. The molecule has 0 amide bonds. The van der Waals surface area contributed by atoms with Gasteiger partial charge in [-0.15, -0.1) is 0 Å². The van der Waals surface area contributed by atoms with Gasteiger partial charge in [-0.1, -0.05) is 0 Å². The summed E-state index contributed by atoms with van der Waals surface area (Å²) in [5.74, 6) is -1.38. The molecule has 0 aliphatic heterocycles. The number of hydrogen-bond donors (Lipinski definition) is 3. The lowest BCUT2D eigenvalue weighted by Crippen LogP contribution is -2.25. The Morgan fingerprint density at radius 1 is 1.47 bits per heavy atom. The summed E-state index contributed by atoms with van der Waals surface area (Å²) in [7, 11) is -4.00. The van der Waals surface area contributed by atoms with E-state index in [2.05, 4.69) is 24.9 Å². The van der Waals surface area contributed by atoms with Crippen LogP contribution in [0.25, 0.3) is 0 Å². The smallest absolute Gasteiger partial charge is 0.340 e. The van der Waals surface area contributed by atoms with Gasteiger partial charge in [0.05, 0.1) is 18.4 Å². The van der Waals surface area contributed by atoms with Crippen molar-refractivity contribution in [2.24, 2.45) is 0 Å². The van der Waals surface area contributed by atoms with Crippen LogP contribution in [-0.2, 0) is 16.6 Å². The monoisotopic (exact) mass is 283 g/mol. The van der Waals surface area contributed by atoms with Crippen LogP contribution < -0.4 is 4.72 Å². The Labute approximate surface area is 107 Å². The fraction of sp³-hybridized carbons (Fsp3) is 0.111. The minimum absolute atomic E-state index is 0.0804. The molecule has 2 rings (SSSR count). The molecule has 0 spiro atoms. The number of aromatic nitrogens is 4. The lowest BCUT2D eigenvalue weighted by molar-refractivity contribution is 0.0692. The van der Waals surface area contributed by atoms with E-state index in [1.165, 1.54) is 18.6 Å². The van der Waals surface area contributed by atoms with Crippen molar-refractivity contribution in [1.82, 2.24) is 24.9 Å². The van der Waals surface area contributed by atoms with Crippen molar-refractivity contribution in [1.29, 1.82) is 0 Å². The van der Waals surface area contributed by atoms with Crippen LogP contribution in [0.1, 0.15) is 16.1 Å². The Kier molecular flexibility index (Phi) is 3.53. The van der Waals surface area contributed by atoms with E-state index in [0.29, 0.717) is 5.69 Å². The van der Waals surface area contributed by atoms with Crippen LogP contribution in [0, 0.1) is 0 Å². The highest BCUT2D eigenvalue weighted by atomic mass is 32.2. The number of carbonyl (C=O) groups is 1. The van der Waals surface area contributed by atoms with Crippen molar-refractivity contribution in [2.45, 2.75) is 11.6 Å². The third-order valence-corrected chi connectivity index (χ3v) is 3.56. The first-order valence-electron chi connectivity index (χ1n) is 5.02. The summed E-state index contributed by atoms with van der Waals surface area (Å²) in [6.07, 6.45) is 3.68. The van der Waals surface area contributed by atoms with Gasteiger partial charge in [-0.25, -0.2) is 27.9 Å². The quantitative estimate of drug-likeness (QED) is 0.664. The zero-order valence-corrected chi connectivity index (χ0v) is 10.3. The molecule has 0 aliphatic rings. The van der Waals surface area contributed by atoms with Crippen molar-refractivity contribution < 1.29 is 18.3 Å². The summed E-state index contributed by atoms with van der Waals surface area (Å²) in [6, 6.07) is 1.54. The lowest BCUT2D eigenvalue weighted by atomic mass is 10.4. The van der Waals surface area contributed by atoms with Crippen molar-refractivity contribution in [2.75, 3.05) is 0 Å². The average molecular weight is 283 g/mol. The summed E-state index contributed by atoms with van der Waals surface area (Å²) in [5, 5.41) is 13.9. The normalized spacial score (nSPS) is 11.4. The van der Waals surface area contributed by atoms with Crippen LogP contribution in [-0.4, -0.2) is 39.7 Å². The van der Waals surface area contributed by atoms with E-state index in [1.807, 2.05) is 0 Å². The highest BCUT2D eigenvalue weighted by Gasteiger charge is 2.24. The Balaban J connectivity index is 2.19. The molecule has 2 heterocycles. The molecule has 2 aromatic rings. The number of aromatic carboxylic acids is 1. The topological polar surface area (TPSA) is 138 Å². The molecule has 3 N–H and O–H groups in total. The number of rotatable bonds is 5. The number of nitrogens with zero attached hydrogens (tertiary/aromatic N) is 3. The van der Waals surface area contributed by atoms with E-state index >= 15 is 0 Å². The van der Waals surface area contributed by atoms with Gasteiger partial charge in [0.15, 0.2) is 5.03 Å². The van der Waals surface area contributed by atoms with Gasteiger partial charge in [-0.2, -0.15) is 5.10 Å². The Hall–Kier alpha value is -2.33. The fourth-order valence-electron chi connectivity index (χ4n) is 1.30. The maximum atomic E-state index is 11.9. The Morgan fingerprint density at radius 2 is 2.26 bits per heavy atom. The van der Waals surface area contributed by atoms with E-state index in [1.54, 1.807) is 0 Å². The number of nitrogens with one attached hydrogen (secondary N) is 2. The first-order chi connectivity index (χ1) is 9.00. The summed E-state index contributed by atoms with van der Waals surface area (Å²) in [6.45, 7) is -0.0804. The molecule has 0 radical (unpaired) electrons. The maximum absolute atomic E-state index is 11.9. The highest BCUT2D eigenvalue weighted by molar-refractivity contribution is 7.89. The third kappa shape index (κ3) is 2.92. The highest BCUT2D eigenvalue weighted by Crippen LogP contribution is 2.11. The van der Waals surface area contributed by atoms with Crippen molar-refractivity contribution >= 4 is 16.0 Å². The molecule has 0 unspecified atom stereocenters. The van der Waals surface area contributed by atoms with Gasteiger partial charge < -0.3 is 5.11 Å². The maximum Gasteiger partial charge on any atom is 0.340 e. The van der Waals surface area contributed by atoms with Crippen LogP contribution in [0.15, 0.2) is 29.8 Å². The van der Waals surface area contributed by atoms with Crippen LogP contribution in [0.5, 0.6) is 0 Å². The van der Waals surface area contributed by atoms with Crippen LogP contribution >= 0.6 is 0 Å². The SMILES string of the molecule is O=C(O)c1cn[nH]c1S(=O)(=O)NCc1ccncn1. The molecule has 9 nitrogen and oxygen atoms in total. The molecule has 19 heavy (non-hydrogen) atoms. The van der Waals surface area contributed by atoms with Gasteiger partial charge in [-0.05, 0) is 6.07 Å². The molecule has 0 aliphatic carbocycles. The summed E-state index contributed by atoms with van der Waals surface area (Å²) < 4.78 is 26.0. The van der Waals surface area contributed by atoms with Crippen molar-refractivity contribution in [3.63, 3.8) is 0 Å². The van der Waals surface area contributed by atoms with Gasteiger partial charge in [0.2, 0.25) is 0 Å². The van der Waals surface area contributed by atoms with E-state index in [4.69, 9.17) is 5.11 Å². The summed E-state index contributed by atoms with van der Waals surface area (Å²) in [5.41, 5.74) is 0.0325. The van der Waals surface area contributed by atoms with E-state index < -0.39 is 26.6 Å².